The standard InChI is InChI=1S/C16H16N4O3/c1-20-12-4-6-23-14(12)7-13(20)16(22)19-10-15(21)18-9-11-3-2-5-17-8-11/h2-8H,9-10H2,1H3,(H,18,21)(H,19,22). The number of rotatable bonds is 5. The third kappa shape index (κ3) is 3.23. The van der Waals surface area contributed by atoms with Gasteiger partial charge in [-0.25, -0.2) is 0 Å². The Hall–Kier alpha value is -3.09. The van der Waals surface area contributed by atoms with Crippen LogP contribution in [-0.4, -0.2) is 27.9 Å². The second-order valence-electron chi connectivity index (χ2n) is 5.08. The van der Waals surface area contributed by atoms with Crippen LogP contribution < -0.4 is 10.6 Å². The minimum absolute atomic E-state index is 0.0916. The molecule has 2 N–H and O–H groups in total. The molecular weight excluding hydrogens is 296 g/mol. The lowest BCUT2D eigenvalue weighted by Crippen LogP contribution is -2.37. The topological polar surface area (TPSA) is 89.2 Å². The van der Waals surface area contributed by atoms with E-state index in [4.69, 9.17) is 4.42 Å². The molecular formula is C16H16N4O3. The molecule has 7 nitrogen and oxygen atoms in total. The average Bonchev–Trinajstić information content (AvgIpc) is 3.15. The number of furan rings is 1. The van der Waals surface area contributed by atoms with Crippen LogP contribution in [0.1, 0.15) is 16.1 Å². The molecule has 23 heavy (non-hydrogen) atoms. The van der Waals surface area contributed by atoms with Gasteiger partial charge >= 0.3 is 0 Å². The van der Waals surface area contributed by atoms with Crippen molar-refractivity contribution < 1.29 is 14.0 Å². The molecule has 0 saturated heterocycles. The van der Waals surface area contributed by atoms with E-state index in [1.807, 2.05) is 6.07 Å². The zero-order valence-corrected chi connectivity index (χ0v) is 12.6. The van der Waals surface area contributed by atoms with Gasteiger partial charge in [0.25, 0.3) is 5.91 Å². The van der Waals surface area contributed by atoms with Gasteiger partial charge in [-0.3, -0.25) is 14.6 Å². The summed E-state index contributed by atoms with van der Waals surface area (Å²) in [7, 11) is 1.77. The smallest absolute Gasteiger partial charge is 0.268 e. The van der Waals surface area contributed by atoms with Crippen molar-refractivity contribution in [2.45, 2.75) is 6.54 Å². The van der Waals surface area contributed by atoms with Crippen molar-refractivity contribution >= 4 is 22.9 Å². The summed E-state index contributed by atoms with van der Waals surface area (Å²) in [5.41, 5.74) is 2.81. The van der Waals surface area contributed by atoms with Gasteiger partial charge in [-0.05, 0) is 11.6 Å². The molecule has 3 aromatic rings. The fourth-order valence-electron chi connectivity index (χ4n) is 2.28. The molecule has 0 fully saturated rings. The Labute approximate surface area is 132 Å². The highest BCUT2D eigenvalue weighted by Gasteiger charge is 2.15. The second-order valence-corrected chi connectivity index (χ2v) is 5.08. The first-order chi connectivity index (χ1) is 11.1. The van der Waals surface area contributed by atoms with Gasteiger partial charge in [0.15, 0.2) is 5.58 Å². The molecule has 0 aromatic carbocycles. The monoisotopic (exact) mass is 312 g/mol. The summed E-state index contributed by atoms with van der Waals surface area (Å²) in [6, 6.07) is 7.10. The predicted octanol–water partition coefficient (Wildman–Crippen LogP) is 1.21. The first-order valence-electron chi connectivity index (χ1n) is 7.12. The number of amides is 2. The molecule has 7 heteroatoms. The highest BCUT2D eigenvalue weighted by molar-refractivity contribution is 5.99. The van der Waals surface area contributed by atoms with Gasteiger partial charge in [0.05, 0.1) is 18.3 Å². The van der Waals surface area contributed by atoms with E-state index >= 15 is 0 Å². The molecule has 0 bridgehead atoms. The number of fused-ring (bicyclic) bond motifs is 1. The van der Waals surface area contributed by atoms with Crippen molar-refractivity contribution in [2.75, 3.05) is 6.54 Å². The van der Waals surface area contributed by atoms with Crippen molar-refractivity contribution in [2.24, 2.45) is 7.05 Å². The predicted molar refractivity (Wildman–Crippen MR) is 83.6 cm³/mol. The summed E-state index contributed by atoms with van der Waals surface area (Å²) >= 11 is 0. The molecule has 0 spiro atoms. The van der Waals surface area contributed by atoms with Crippen LogP contribution in [0.3, 0.4) is 0 Å². The summed E-state index contributed by atoms with van der Waals surface area (Å²) in [5.74, 6) is -0.587. The third-order valence-corrected chi connectivity index (χ3v) is 3.52. The van der Waals surface area contributed by atoms with Crippen molar-refractivity contribution in [3.63, 3.8) is 0 Å². The molecule has 0 aliphatic carbocycles. The highest BCUT2D eigenvalue weighted by atomic mass is 16.3. The number of hydrogen-bond acceptors (Lipinski definition) is 4. The molecule has 0 aliphatic heterocycles. The van der Waals surface area contributed by atoms with Crippen molar-refractivity contribution in [3.05, 3.63) is 54.2 Å². The fourth-order valence-corrected chi connectivity index (χ4v) is 2.28. The number of nitrogens with one attached hydrogen (secondary N) is 2. The zero-order valence-electron chi connectivity index (χ0n) is 12.6. The minimum Gasteiger partial charge on any atom is -0.463 e. The summed E-state index contributed by atoms with van der Waals surface area (Å²) in [6.45, 7) is 0.283. The largest absolute Gasteiger partial charge is 0.463 e. The molecule has 0 unspecified atom stereocenters. The lowest BCUT2D eigenvalue weighted by atomic mass is 10.3. The Morgan fingerprint density at radius 3 is 2.91 bits per heavy atom. The SMILES string of the molecule is Cn1c(C(=O)NCC(=O)NCc2cccnc2)cc2occc21. The maximum atomic E-state index is 12.1. The van der Waals surface area contributed by atoms with E-state index in [0.29, 0.717) is 17.8 Å². The van der Waals surface area contributed by atoms with Gasteiger partial charge < -0.3 is 19.6 Å². The second kappa shape index (κ2) is 6.35. The van der Waals surface area contributed by atoms with Crippen LogP contribution in [0.2, 0.25) is 0 Å². The number of carbonyl (C=O) groups excluding carboxylic acids is 2. The van der Waals surface area contributed by atoms with Gasteiger partial charge in [0, 0.05) is 38.1 Å². The van der Waals surface area contributed by atoms with E-state index < -0.39 is 0 Å². The summed E-state index contributed by atoms with van der Waals surface area (Å²) in [5, 5.41) is 5.32. The molecule has 3 rings (SSSR count). The third-order valence-electron chi connectivity index (χ3n) is 3.52. The van der Waals surface area contributed by atoms with Gasteiger partial charge in [-0.1, -0.05) is 6.07 Å². The van der Waals surface area contributed by atoms with E-state index in [0.717, 1.165) is 11.1 Å². The molecule has 3 aromatic heterocycles. The van der Waals surface area contributed by atoms with Crippen molar-refractivity contribution in [1.29, 1.82) is 0 Å². The highest BCUT2D eigenvalue weighted by Crippen LogP contribution is 2.19. The summed E-state index contributed by atoms with van der Waals surface area (Å²) in [4.78, 5) is 27.9. The van der Waals surface area contributed by atoms with Gasteiger partial charge in [0.1, 0.15) is 5.69 Å². The van der Waals surface area contributed by atoms with Crippen LogP contribution in [0.15, 0.2) is 47.3 Å². The van der Waals surface area contributed by atoms with Crippen molar-refractivity contribution in [3.8, 4) is 0 Å². The Morgan fingerprint density at radius 2 is 2.17 bits per heavy atom. The number of aromatic nitrogens is 2. The van der Waals surface area contributed by atoms with Crippen LogP contribution in [0.5, 0.6) is 0 Å². The van der Waals surface area contributed by atoms with E-state index in [9.17, 15) is 9.59 Å². The zero-order chi connectivity index (χ0) is 16.2. The maximum absolute atomic E-state index is 12.1. The van der Waals surface area contributed by atoms with E-state index in [1.165, 1.54) is 0 Å². The lowest BCUT2D eigenvalue weighted by molar-refractivity contribution is -0.120. The Morgan fingerprint density at radius 1 is 1.30 bits per heavy atom. The van der Waals surface area contributed by atoms with E-state index in [-0.39, 0.29) is 18.4 Å². The molecule has 0 radical (unpaired) electrons. The molecule has 0 saturated carbocycles. The van der Waals surface area contributed by atoms with Gasteiger partial charge in [-0.2, -0.15) is 0 Å². The van der Waals surface area contributed by atoms with Gasteiger partial charge in [0.2, 0.25) is 5.91 Å². The molecule has 2 amide bonds. The number of carbonyl (C=O) groups is 2. The van der Waals surface area contributed by atoms with E-state index in [1.54, 1.807) is 48.5 Å². The van der Waals surface area contributed by atoms with Crippen LogP contribution in [0, 0.1) is 0 Å². The molecule has 0 atom stereocenters. The van der Waals surface area contributed by atoms with Gasteiger partial charge in [-0.15, -0.1) is 0 Å². The number of hydrogen-bond donors (Lipinski definition) is 2. The van der Waals surface area contributed by atoms with Crippen LogP contribution in [-0.2, 0) is 18.4 Å². The Balaban J connectivity index is 1.53. The van der Waals surface area contributed by atoms with Crippen molar-refractivity contribution in [1.82, 2.24) is 20.2 Å². The first-order valence-corrected chi connectivity index (χ1v) is 7.12. The molecule has 118 valence electrons. The Bertz CT molecular complexity index is 836. The number of aryl methyl sites for hydroxylation is 1. The van der Waals surface area contributed by atoms with Crippen LogP contribution >= 0.6 is 0 Å². The van der Waals surface area contributed by atoms with Crippen LogP contribution in [0.25, 0.3) is 11.1 Å². The average molecular weight is 312 g/mol. The first kappa shape index (κ1) is 14.8. The molecule has 0 aliphatic rings. The summed E-state index contributed by atoms with van der Waals surface area (Å²) in [6.07, 6.45) is 4.91. The fraction of sp³-hybridized carbons (Fsp3) is 0.188. The van der Waals surface area contributed by atoms with E-state index in [2.05, 4.69) is 15.6 Å². The normalized spacial score (nSPS) is 10.7. The lowest BCUT2D eigenvalue weighted by Gasteiger charge is -2.07. The number of pyridine rings is 1. The quantitative estimate of drug-likeness (QED) is 0.741. The number of nitrogens with zero attached hydrogens (tertiary/aromatic N) is 2. The Kier molecular flexibility index (Phi) is 4.09. The maximum Gasteiger partial charge on any atom is 0.268 e. The minimum atomic E-state index is -0.324. The molecule has 3 heterocycles. The summed E-state index contributed by atoms with van der Waals surface area (Å²) < 4.78 is 6.98. The van der Waals surface area contributed by atoms with Crippen LogP contribution in [0.4, 0.5) is 0 Å².